The highest BCUT2D eigenvalue weighted by Gasteiger charge is 2.37. The first kappa shape index (κ1) is 14.5. The molecule has 1 aliphatic carbocycles. The molecule has 0 spiro atoms. The van der Waals surface area contributed by atoms with Crippen molar-refractivity contribution in [2.24, 2.45) is 0 Å². The van der Waals surface area contributed by atoms with Gasteiger partial charge in [0, 0.05) is 12.0 Å². The molecule has 1 aromatic rings. The van der Waals surface area contributed by atoms with Crippen molar-refractivity contribution >= 4 is 0 Å². The third kappa shape index (κ3) is 2.85. The highest BCUT2D eigenvalue weighted by atomic mass is 16.3. The molecule has 1 aliphatic rings. The molecule has 0 amide bonds. The van der Waals surface area contributed by atoms with E-state index in [1.807, 2.05) is 7.05 Å². The van der Waals surface area contributed by atoms with Crippen LogP contribution in [0.5, 0.6) is 0 Å². The minimum absolute atomic E-state index is 0.101. The van der Waals surface area contributed by atoms with Gasteiger partial charge in [-0.1, -0.05) is 17.7 Å². The maximum atomic E-state index is 9.82. The van der Waals surface area contributed by atoms with Gasteiger partial charge in [0.05, 0.1) is 6.10 Å². The van der Waals surface area contributed by atoms with E-state index >= 15 is 0 Å². The van der Waals surface area contributed by atoms with Gasteiger partial charge in [0.2, 0.25) is 0 Å². The molecule has 2 N–H and O–H groups in total. The van der Waals surface area contributed by atoms with Crippen molar-refractivity contribution in [2.45, 2.75) is 58.0 Å². The highest BCUT2D eigenvalue weighted by molar-refractivity contribution is 5.43. The van der Waals surface area contributed by atoms with E-state index in [1.165, 1.54) is 22.3 Å². The molecule has 2 nitrogen and oxygen atoms in total. The molecule has 2 rings (SSSR count). The summed E-state index contributed by atoms with van der Waals surface area (Å²) in [5.41, 5.74) is 5.87. The zero-order valence-corrected chi connectivity index (χ0v) is 12.7. The number of nitrogens with one attached hydrogen (secondary N) is 1. The quantitative estimate of drug-likeness (QED) is 0.876. The van der Waals surface area contributed by atoms with Crippen LogP contribution in [0.25, 0.3) is 0 Å². The molecule has 0 radical (unpaired) electrons. The summed E-state index contributed by atoms with van der Waals surface area (Å²) in [6.07, 6.45) is 3.92. The van der Waals surface area contributed by atoms with E-state index in [1.54, 1.807) is 0 Å². The van der Waals surface area contributed by atoms with Gasteiger partial charge >= 0.3 is 0 Å². The largest absolute Gasteiger partial charge is 0.393 e. The van der Waals surface area contributed by atoms with Crippen LogP contribution in [0.15, 0.2) is 12.1 Å². The average molecular weight is 261 g/mol. The Morgan fingerprint density at radius 2 is 1.68 bits per heavy atom. The average Bonchev–Trinajstić information content (AvgIpc) is 2.32. The van der Waals surface area contributed by atoms with Crippen LogP contribution >= 0.6 is 0 Å². The second kappa shape index (κ2) is 5.64. The number of rotatable bonds is 3. The number of hydrogen-bond acceptors (Lipinski definition) is 2. The topological polar surface area (TPSA) is 32.3 Å². The number of hydrogen-bond donors (Lipinski definition) is 2. The van der Waals surface area contributed by atoms with E-state index in [-0.39, 0.29) is 11.5 Å². The van der Waals surface area contributed by atoms with Crippen LogP contribution in [0.4, 0.5) is 0 Å². The molecule has 0 aliphatic heterocycles. The summed E-state index contributed by atoms with van der Waals surface area (Å²) in [7, 11) is 2.03. The van der Waals surface area contributed by atoms with E-state index in [0.29, 0.717) is 0 Å². The summed E-state index contributed by atoms with van der Waals surface area (Å²) in [4.78, 5) is 0. The third-order valence-electron chi connectivity index (χ3n) is 4.63. The van der Waals surface area contributed by atoms with Gasteiger partial charge in [0.25, 0.3) is 0 Å². The number of likely N-dealkylation sites (N-methyl/N-ethyl adjacent to an activating group) is 1. The van der Waals surface area contributed by atoms with Gasteiger partial charge in [-0.25, -0.2) is 0 Å². The van der Waals surface area contributed by atoms with Crippen LogP contribution < -0.4 is 5.32 Å². The first-order valence-corrected chi connectivity index (χ1v) is 7.39. The molecule has 2 heteroatoms. The maximum Gasteiger partial charge on any atom is 0.0541 e. The molecular formula is C17H27NO. The van der Waals surface area contributed by atoms with Crippen molar-refractivity contribution in [3.05, 3.63) is 34.4 Å². The molecule has 19 heavy (non-hydrogen) atoms. The summed E-state index contributed by atoms with van der Waals surface area (Å²) in [6.45, 7) is 7.64. The van der Waals surface area contributed by atoms with Gasteiger partial charge in [-0.2, -0.15) is 0 Å². The Bertz CT molecular complexity index is 422. The van der Waals surface area contributed by atoms with E-state index in [2.05, 4.69) is 38.2 Å². The number of benzene rings is 1. The second-order valence-corrected chi connectivity index (χ2v) is 6.32. The summed E-state index contributed by atoms with van der Waals surface area (Å²) in [5, 5.41) is 13.2. The number of aryl methyl sites for hydroxylation is 3. The highest BCUT2D eigenvalue weighted by Crippen LogP contribution is 2.42. The van der Waals surface area contributed by atoms with Gasteiger partial charge in [-0.15, -0.1) is 0 Å². The van der Waals surface area contributed by atoms with Gasteiger partial charge in [-0.3, -0.25) is 0 Å². The van der Waals surface area contributed by atoms with Gasteiger partial charge in [0.15, 0.2) is 0 Å². The van der Waals surface area contributed by atoms with Crippen LogP contribution in [-0.2, 0) is 5.41 Å². The van der Waals surface area contributed by atoms with Gasteiger partial charge in [-0.05, 0) is 70.2 Å². The Morgan fingerprint density at radius 3 is 2.16 bits per heavy atom. The molecule has 0 aromatic heterocycles. The third-order valence-corrected chi connectivity index (χ3v) is 4.63. The fraction of sp³-hybridized carbons (Fsp3) is 0.647. The monoisotopic (exact) mass is 261 g/mol. The van der Waals surface area contributed by atoms with Crippen molar-refractivity contribution in [1.82, 2.24) is 5.32 Å². The van der Waals surface area contributed by atoms with Crippen LogP contribution in [0, 0.1) is 20.8 Å². The molecule has 0 bridgehead atoms. The normalized spacial score (nSPS) is 27.5. The Labute approximate surface area is 117 Å². The first-order valence-electron chi connectivity index (χ1n) is 7.39. The predicted octanol–water partition coefficient (Wildman–Crippen LogP) is 3.00. The fourth-order valence-corrected chi connectivity index (χ4v) is 4.03. The van der Waals surface area contributed by atoms with Crippen LogP contribution in [0.1, 0.15) is 47.9 Å². The van der Waals surface area contributed by atoms with Crippen molar-refractivity contribution in [1.29, 1.82) is 0 Å². The van der Waals surface area contributed by atoms with E-state index in [9.17, 15) is 5.11 Å². The van der Waals surface area contributed by atoms with E-state index < -0.39 is 0 Å². The Hall–Kier alpha value is -0.860. The standard InChI is InChI=1S/C17H27NO/c1-12-9-13(2)16(14(3)10-12)17(11-18-4)7-5-15(19)6-8-17/h9-10,15,18-19H,5-8,11H2,1-4H3. The Kier molecular flexibility index (Phi) is 4.32. The van der Waals surface area contributed by atoms with E-state index in [0.717, 1.165) is 32.2 Å². The molecule has 106 valence electrons. The summed E-state index contributed by atoms with van der Waals surface area (Å²) in [6, 6.07) is 4.59. The fourth-order valence-electron chi connectivity index (χ4n) is 4.03. The van der Waals surface area contributed by atoms with Gasteiger partial charge < -0.3 is 10.4 Å². The molecular weight excluding hydrogens is 234 g/mol. The molecule has 0 atom stereocenters. The van der Waals surface area contributed by atoms with Gasteiger partial charge in [0.1, 0.15) is 0 Å². The van der Waals surface area contributed by atoms with Crippen molar-refractivity contribution in [3.8, 4) is 0 Å². The lowest BCUT2D eigenvalue weighted by Crippen LogP contribution is -2.42. The molecule has 0 unspecified atom stereocenters. The smallest absolute Gasteiger partial charge is 0.0541 e. The lowest BCUT2D eigenvalue weighted by Gasteiger charge is -2.41. The molecule has 0 saturated heterocycles. The Balaban J connectivity index is 2.45. The van der Waals surface area contributed by atoms with Crippen molar-refractivity contribution < 1.29 is 5.11 Å². The van der Waals surface area contributed by atoms with Crippen molar-refractivity contribution in [2.75, 3.05) is 13.6 Å². The lowest BCUT2D eigenvalue weighted by atomic mass is 9.66. The Morgan fingerprint density at radius 1 is 1.16 bits per heavy atom. The SMILES string of the molecule is CNCC1(c2c(C)cc(C)cc2C)CCC(O)CC1. The predicted molar refractivity (Wildman–Crippen MR) is 80.7 cm³/mol. The first-order chi connectivity index (χ1) is 8.98. The minimum Gasteiger partial charge on any atom is -0.393 e. The number of aliphatic hydroxyl groups excluding tert-OH is 1. The lowest BCUT2D eigenvalue weighted by molar-refractivity contribution is 0.0948. The van der Waals surface area contributed by atoms with Crippen LogP contribution in [0.2, 0.25) is 0 Å². The van der Waals surface area contributed by atoms with Crippen LogP contribution in [0.3, 0.4) is 0 Å². The van der Waals surface area contributed by atoms with E-state index in [4.69, 9.17) is 0 Å². The zero-order valence-electron chi connectivity index (χ0n) is 12.7. The molecule has 1 saturated carbocycles. The molecule has 0 heterocycles. The minimum atomic E-state index is -0.101. The maximum absolute atomic E-state index is 9.82. The zero-order chi connectivity index (χ0) is 14.0. The summed E-state index contributed by atoms with van der Waals surface area (Å²) >= 11 is 0. The molecule has 1 aromatic carbocycles. The molecule has 1 fully saturated rings. The summed E-state index contributed by atoms with van der Waals surface area (Å²) in [5.74, 6) is 0. The summed E-state index contributed by atoms with van der Waals surface area (Å²) < 4.78 is 0. The number of aliphatic hydroxyl groups is 1. The van der Waals surface area contributed by atoms with Crippen LogP contribution in [-0.4, -0.2) is 24.8 Å². The van der Waals surface area contributed by atoms with Crippen molar-refractivity contribution in [3.63, 3.8) is 0 Å². The second-order valence-electron chi connectivity index (χ2n) is 6.32.